The van der Waals surface area contributed by atoms with Crippen molar-refractivity contribution >= 4 is 21.7 Å². The zero-order chi connectivity index (χ0) is 13.3. The zero-order valence-electron chi connectivity index (χ0n) is 10.8. The highest BCUT2D eigenvalue weighted by Crippen LogP contribution is 2.23. The number of rotatable bonds is 2. The molecule has 2 aromatic carbocycles. The van der Waals surface area contributed by atoms with Crippen molar-refractivity contribution in [3.63, 3.8) is 0 Å². The highest BCUT2D eigenvalue weighted by molar-refractivity contribution is 9.10. The molecule has 0 bridgehead atoms. The SMILES string of the molecule is Cc1ccc(C(=O)c2ccc(C)cc2Br)c(C)c1. The molecule has 0 radical (unpaired) electrons. The molecule has 0 atom stereocenters. The second-order valence-electron chi connectivity index (χ2n) is 4.63. The fourth-order valence-electron chi connectivity index (χ4n) is 2.02. The lowest BCUT2D eigenvalue weighted by Gasteiger charge is -2.08. The van der Waals surface area contributed by atoms with Crippen LogP contribution in [0.4, 0.5) is 0 Å². The van der Waals surface area contributed by atoms with E-state index in [-0.39, 0.29) is 5.78 Å². The Hall–Kier alpha value is -1.41. The van der Waals surface area contributed by atoms with Crippen LogP contribution in [0.3, 0.4) is 0 Å². The summed E-state index contributed by atoms with van der Waals surface area (Å²) in [7, 11) is 0. The second-order valence-corrected chi connectivity index (χ2v) is 5.49. The number of halogens is 1. The van der Waals surface area contributed by atoms with Gasteiger partial charge in [0.15, 0.2) is 5.78 Å². The maximum Gasteiger partial charge on any atom is 0.194 e. The van der Waals surface area contributed by atoms with Crippen molar-refractivity contribution in [3.8, 4) is 0 Å². The Morgan fingerprint density at radius 1 is 0.889 bits per heavy atom. The summed E-state index contributed by atoms with van der Waals surface area (Å²) in [6, 6.07) is 11.7. The van der Waals surface area contributed by atoms with E-state index in [0.717, 1.165) is 21.2 Å². The number of benzene rings is 2. The summed E-state index contributed by atoms with van der Waals surface area (Å²) in [4.78, 5) is 12.5. The minimum Gasteiger partial charge on any atom is -0.289 e. The molecule has 0 unspecified atom stereocenters. The number of aryl methyl sites for hydroxylation is 3. The lowest BCUT2D eigenvalue weighted by Crippen LogP contribution is -2.05. The highest BCUT2D eigenvalue weighted by Gasteiger charge is 2.14. The molecular weight excluding hydrogens is 288 g/mol. The smallest absolute Gasteiger partial charge is 0.194 e. The van der Waals surface area contributed by atoms with E-state index in [0.29, 0.717) is 5.56 Å². The van der Waals surface area contributed by atoms with Crippen LogP contribution < -0.4 is 0 Å². The Labute approximate surface area is 116 Å². The molecule has 0 aliphatic carbocycles. The van der Waals surface area contributed by atoms with Crippen molar-refractivity contribution in [1.29, 1.82) is 0 Å². The summed E-state index contributed by atoms with van der Waals surface area (Å²) >= 11 is 3.46. The van der Waals surface area contributed by atoms with Crippen molar-refractivity contribution in [2.75, 3.05) is 0 Å². The first kappa shape index (κ1) is 13.0. The molecule has 1 nitrogen and oxygen atoms in total. The van der Waals surface area contributed by atoms with E-state index < -0.39 is 0 Å². The fourth-order valence-corrected chi connectivity index (χ4v) is 2.69. The first-order valence-electron chi connectivity index (χ1n) is 5.87. The summed E-state index contributed by atoms with van der Waals surface area (Å²) in [5.74, 6) is 0.0689. The lowest BCUT2D eigenvalue weighted by molar-refractivity contribution is 0.103. The van der Waals surface area contributed by atoms with Gasteiger partial charge in [-0.25, -0.2) is 0 Å². The van der Waals surface area contributed by atoms with Crippen molar-refractivity contribution in [2.45, 2.75) is 20.8 Å². The minimum absolute atomic E-state index is 0.0689. The van der Waals surface area contributed by atoms with Crippen LogP contribution >= 0.6 is 15.9 Å². The largest absolute Gasteiger partial charge is 0.289 e. The summed E-state index contributed by atoms with van der Waals surface area (Å²) in [6.45, 7) is 6.02. The summed E-state index contributed by atoms with van der Waals surface area (Å²) in [5, 5.41) is 0. The lowest BCUT2D eigenvalue weighted by atomic mass is 9.97. The van der Waals surface area contributed by atoms with E-state index >= 15 is 0 Å². The summed E-state index contributed by atoms with van der Waals surface area (Å²) in [6.07, 6.45) is 0. The van der Waals surface area contributed by atoms with Crippen LogP contribution in [-0.4, -0.2) is 5.78 Å². The van der Waals surface area contributed by atoms with Gasteiger partial charge in [-0.05, 0) is 44.0 Å². The molecule has 0 aromatic heterocycles. The third-order valence-corrected chi connectivity index (χ3v) is 3.65. The van der Waals surface area contributed by atoms with Crippen molar-refractivity contribution < 1.29 is 4.79 Å². The van der Waals surface area contributed by atoms with E-state index in [2.05, 4.69) is 15.9 Å². The van der Waals surface area contributed by atoms with E-state index in [4.69, 9.17) is 0 Å². The molecule has 0 spiro atoms. The van der Waals surface area contributed by atoms with Crippen LogP contribution in [-0.2, 0) is 0 Å². The monoisotopic (exact) mass is 302 g/mol. The van der Waals surface area contributed by atoms with Crippen LogP contribution in [0.5, 0.6) is 0 Å². The molecule has 0 N–H and O–H groups in total. The molecule has 0 fully saturated rings. The molecule has 2 aromatic rings. The Bertz CT molecular complexity index is 561. The Morgan fingerprint density at radius 3 is 2.00 bits per heavy atom. The van der Waals surface area contributed by atoms with Gasteiger partial charge in [-0.2, -0.15) is 0 Å². The molecular formula is C16H15BrO. The molecule has 0 saturated carbocycles. The Balaban J connectivity index is 2.48. The Morgan fingerprint density at radius 2 is 1.44 bits per heavy atom. The average Bonchev–Trinajstić information content (AvgIpc) is 2.28. The van der Waals surface area contributed by atoms with Gasteiger partial charge in [-0.1, -0.05) is 45.8 Å². The van der Waals surface area contributed by atoms with Gasteiger partial charge in [0.25, 0.3) is 0 Å². The van der Waals surface area contributed by atoms with Crippen LogP contribution in [0.2, 0.25) is 0 Å². The van der Waals surface area contributed by atoms with Crippen LogP contribution in [0.25, 0.3) is 0 Å². The van der Waals surface area contributed by atoms with Crippen LogP contribution in [0.15, 0.2) is 40.9 Å². The van der Waals surface area contributed by atoms with Gasteiger partial charge < -0.3 is 0 Å². The number of ketones is 1. The standard InChI is InChI=1S/C16H15BrO/c1-10-4-6-13(12(3)8-10)16(18)14-7-5-11(2)9-15(14)17/h4-9H,1-3H3. The predicted molar refractivity (Wildman–Crippen MR) is 78.2 cm³/mol. The molecule has 0 aliphatic rings. The van der Waals surface area contributed by atoms with Gasteiger partial charge >= 0.3 is 0 Å². The first-order valence-corrected chi connectivity index (χ1v) is 6.66. The zero-order valence-corrected chi connectivity index (χ0v) is 12.3. The molecule has 92 valence electrons. The van der Waals surface area contributed by atoms with Crippen LogP contribution in [0, 0.1) is 20.8 Å². The molecule has 0 amide bonds. The number of hydrogen-bond donors (Lipinski definition) is 0. The van der Waals surface area contributed by atoms with Gasteiger partial charge in [-0.15, -0.1) is 0 Å². The van der Waals surface area contributed by atoms with Gasteiger partial charge in [0.1, 0.15) is 0 Å². The van der Waals surface area contributed by atoms with E-state index in [1.54, 1.807) is 0 Å². The highest BCUT2D eigenvalue weighted by atomic mass is 79.9. The molecule has 18 heavy (non-hydrogen) atoms. The van der Waals surface area contributed by atoms with Gasteiger partial charge in [0.2, 0.25) is 0 Å². The predicted octanol–water partition coefficient (Wildman–Crippen LogP) is 4.61. The number of carbonyl (C=O) groups is 1. The van der Waals surface area contributed by atoms with Crippen molar-refractivity contribution in [3.05, 3.63) is 68.7 Å². The molecule has 0 heterocycles. The third-order valence-electron chi connectivity index (χ3n) is 3.00. The fraction of sp³-hybridized carbons (Fsp3) is 0.188. The van der Waals surface area contributed by atoms with Gasteiger partial charge in [-0.3, -0.25) is 4.79 Å². The van der Waals surface area contributed by atoms with E-state index in [9.17, 15) is 4.79 Å². The summed E-state index contributed by atoms with van der Waals surface area (Å²) < 4.78 is 0.854. The molecule has 2 rings (SSSR count). The van der Waals surface area contributed by atoms with Crippen molar-refractivity contribution in [1.82, 2.24) is 0 Å². The average molecular weight is 303 g/mol. The maximum atomic E-state index is 12.5. The quantitative estimate of drug-likeness (QED) is 0.741. The third kappa shape index (κ3) is 2.54. The van der Waals surface area contributed by atoms with Gasteiger partial charge in [0, 0.05) is 15.6 Å². The Kier molecular flexibility index (Phi) is 3.67. The maximum absolute atomic E-state index is 12.5. The van der Waals surface area contributed by atoms with Crippen molar-refractivity contribution in [2.24, 2.45) is 0 Å². The number of hydrogen-bond acceptors (Lipinski definition) is 1. The molecule has 2 heteroatoms. The van der Waals surface area contributed by atoms with E-state index in [1.807, 2.05) is 57.2 Å². The topological polar surface area (TPSA) is 17.1 Å². The first-order chi connectivity index (χ1) is 8.49. The molecule has 0 aliphatic heterocycles. The second kappa shape index (κ2) is 5.07. The number of carbonyl (C=O) groups excluding carboxylic acids is 1. The van der Waals surface area contributed by atoms with E-state index in [1.165, 1.54) is 5.56 Å². The van der Waals surface area contributed by atoms with Gasteiger partial charge in [0.05, 0.1) is 0 Å². The van der Waals surface area contributed by atoms with Crippen LogP contribution in [0.1, 0.15) is 32.6 Å². The molecule has 0 saturated heterocycles. The summed E-state index contributed by atoms with van der Waals surface area (Å²) in [5.41, 5.74) is 4.82. The normalized spacial score (nSPS) is 10.4. The minimum atomic E-state index is 0.0689.